The maximum atomic E-state index is 12.8. The third-order valence-corrected chi connectivity index (χ3v) is 4.96. The molecule has 0 saturated carbocycles. The molecule has 1 N–H and O–H groups in total. The molecule has 3 aromatic rings. The van der Waals surface area contributed by atoms with Crippen LogP contribution in [0.3, 0.4) is 0 Å². The number of carbonyl (C=O) groups is 1. The van der Waals surface area contributed by atoms with E-state index >= 15 is 0 Å². The van der Waals surface area contributed by atoms with Gasteiger partial charge in [0.1, 0.15) is 0 Å². The van der Waals surface area contributed by atoms with E-state index in [0.717, 1.165) is 36.5 Å². The van der Waals surface area contributed by atoms with Crippen molar-refractivity contribution in [2.45, 2.75) is 31.7 Å². The summed E-state index contributed by atoms with van der Waals surface area (Å²) in [7, 11) is 0. The van der Waals surface area contributed by atoms with Gasteiger partial charge < -0.3 is 9.88 Å². The molecule has 1 unspecified atom stereocenters. The average Bonchev–Trinajstić information content (AvgIpc) is 3.16. The van der Waals surface area contributed by atoms with Crippen molar-refractivity contribution in [3.8, 4) is 0 Å². The average molecular weight is 346 g/mol. The van der Waals surface area contributed by atoms with Gasteiger partial charge in [-0.1, -0.05) is 36.4 Å². The molecule has 26 heavy (non-hydrogen) atoms. The zero-order chi connectivity index (χ0) is 17.8. The highest BCUT2D eigenvalue weighted by atomic mass is 16.2. The number of aromatic nitrogens is 3. The number of aromatic amines is 1. The Bertz CT molecular complexity index is 860. The minimum atomic E-state index is 0.119. The lowest BCUT2D eigenvalue weighted by atomic mass is 9.91. The quantitative estimate of drug-likeness (QED) is 0.772. The number of carbonyl (C=O) groups excluding carboxylic acids is 1. The minimum Gasteiger partial charge on any atom is -0.347 e. The predicted octanol–water partition coefficient (Wildman–Crippen LogP) is 3.11. The van der Waals surface area contributed by atoms with Crippen molar-refractivity contribution in [1.29, 1.82) is 0 Å². The van der Waals surface area contributed by atoms with Crippen LogP contribution in [0.2, 0.25) is 0 Å². The standard InChI is InChI=1S/C21H22N4O/c26-20(12-18-8-4-5-11-22-18)25-13-17(21-19(14-25)23-15-24-21)10-9-16-6-2-1-3-7-16/h1-8,11,15,17H,9-10,12-14H2,(H,23,24). The summed E-state index contributed by atoms with van der Waals surface area (Å²) in [5.41, 5.74) is 4.31. The molecule has 132 valence electrons. The minimum absolute atomic E-state index is 0.119. The number of pyridine rings is 1. The number of imidazole rings is 1. The van der Waals surface area contributed by atoms with E-state index in [9.17, 15) is 4.79 Å². The summed E-state index contributed by atoms with van der Waals surface area (Å²) >= 11 is 0. The molecule has 1 aliphatic rings. The van der Waals surface area contributed by atoms with Gasteiger partial charge in [-0.25, -0.2) is 4.98 Å². The van der Waals surface area contributed by atoms with Crippen LogP contribution in [-0.2, 0) is 24.2 Å². The smallest absolute Gasteiger partial charge is 0.228 e. The number of hydrogen-bond donors (Lipinski definition) is 1. The second-order valence-corrected chi connectivity index (χ2v) is 6.76. The second-order valence-electron chi connectivity index (χ2n) is 6.76. The number of fused-ring (bicyclic) bond motifs is 1. The fourth-order valence-corrected chi connectivity index (χ4v) is 3.59. The lowest BCUT2D eigenvalue weighted by Crippen LogP contribution is -2.39. The van der Waals surface area contributed by atoms with Crippen LogP contribution in [0.5, 0.6) is 0 Å². The molecule has 1 amide bonds. The summed E-state index contributed by atoms with van der Waals surface area (Å²) in [5.74, 6) is 0.381. The molecular weight excluding hydrogens is 324 g/mol. The molecule has 0 aliphatic carbocycles. The van der Waals surface area contributed by atoms with Crippen molar-refractivity contribution in [2.24, 2.45) is 0 Å². The number of aryl methyl sites for hydroxylation is 1. The SMILES string of the molecule is O=C(Cc1ccccn1)N1Cc2[nH]cnc2C(CCc2ccccc2)C1. The molecule has 0 saturated heterocycles. The lowest BCUT2D eigenvalue weighted by molar-refractivity contribution is -0.131. The largest absolute Gasteiger partial charge is 0.347 e. The summed E-state index contributed by atoms with van der Waals surface area (Å²) in [6, 6.07) is 16.2. The first-order chi connectivity index (χ1) is 12.8. The molecule has 1 atom stereocenters. The predicted molar refractivity (Wildman–Crippen MR) is 99.4 cm³/mol. The van der Waals surface area contributed by atoms with Crippen molar-refractivity contribution < 1.29 is 4.79 Å². The Morgan fingerprint density at radius 2 is 1.96 bits per heavy atom. The highest BCUT2D eigenvalue weighted by Gasteiger charge is 2.30. The van der Waals surface area contributed by atoms with E-state index in [1.807, 2.05) is 29.2 Å². The molecule has 0 fully saturated rings. The summed E-state index contributed by atoms with van der Waals surface area (Å²) in [5, 5.41) is 0. The van der Waals surface area contributed by atoms with Crippen LogP contribution in [0.25, 0.3) is 0 Å². The van der Waals surface area contributed by atoms with Crippen molar-refractivity contribution in [3.63, 3.8) is 0 Å². The summed E-state index contributed by atoms with van der Waals surface area (Å²) < 4.78 is 0. The molecule has 0 spiro atoms. The van der Waals surface area contributed by atoms with E-state index in [4.69, 9.17) is 0 Å². The van der Waals surface area contributed by atoms with Gasteiger partial charge in [0.05, 0.1) is 30.7 Å². The summed E-state index contributed by atoms with van der Waals surface area (Å²) in [4.78, 5) is 26.7. The monoisotopic (exact) mass is 346 g/mol. The van der Waals surface area contributed by atoms with Crippen LogP contribution in [0.1, 0.15) is 35.0 Å². The highest BCUT2D eigenvalue weighted by molar-refractivity contribution is 5.78. The maximum Gasteiger partial charge on any atom is 0.228 e. The van der Waals surface area contributed by atoms with Gasteiger partial charge in [0.15, 0.2) is 0 Å². The van der Waals surface area contributed by atoms with Crippen LogP contribution in [0.15, 0.2) is 61.1 Å². The van der Waals surface area contributed by atoms with Gasteiger partial charge in [0.2, 0.25) is 5.91 Å². The first-order valence-electron chi connectivity index (χ1n) is 9.03. The van der Waals surface area contributed by atoms with Gasteiger partial charge in [-0.3, -0.25) is 9.78 Å². The topological polar surface area (TPSA) is 61.9 Å². The van der Waals surface area contributed by atoms with Crippen LogP contribution in [0, 0.1) is 0 Å². The number of nitrogens with one attached hydrogen (secondary N) is 1. The van der Waals surface area contributed by atoms with Crippen molar-refractivity contribution in [2.75, 3.05) is 6.54 Å². The van der Waals surface area contributed by atoms with Crippen LogP contribution >= 0.6 is 0 Å². The Morgan fingerprint density at radius 3 is 2.77 bits per heavy atom. The molecule has 2 aromatic heterocycles. The van der Waals surface area contributed by atoms with Gasteiger partial charge in [0, 0.05) is 24.4 Å². The molecule has 3 heterocycles. The summed E-state index contributed by atoms with van der Waals surface area (Å²) in [6.07, 6.45) is 5.78. The second kappa shape index (κ2) is 7.52. The van der Waals surface area contributed by atoms with E-state index in [1.54, 1.807) is 12.5 Å². The Labute approximate surface area is 153 Å². The number of rotatable bonds is 5. The van der Waals surface area contributed by atoms with E-state index in [-0.39, 0.29) is 11.8 Å². The molecule has 0 bridgehead atoms. The van der Waals surface area contributed by atoms with E-state index in [0.29, 0.717) is 13.0 Å². The molecular formula is C21H22N4O. The molecule has 0 radical (unpaired) electrons. The molecule has 5 nitrogen and oxygen atoms in total. The van der Waals surface area contributed by atoms with E-state index in [2.05, 4.69) is 39.2 Å². The number of hydrogen-bond acceptors (Lipinski definition) is 3. The zero-order valence-electron chi connectivity index (χ0n) is 14.6. The zero-order valence-corrected chi connectivity index (χ0v) is 14.6. The molecule has 4 rings (SSSR count). The van der Waals surface area contributed by atoms with Gasteiger partial charge >= 0.3 is 0 Å². The number of benzene rings is 1. The van der Waals surface area contributed by atoms with Gasteiger partial charge in [-0.15, -0.1) is 0 Å². The Hall–Kier alpha value is -2.95. The number of nitrogens with zero attached hydrogens (tertiary/aromatic N) is 3. The van der Waals surface area contributed by atoms with Crippen molar-refractivity contribution >= 4 is 5.91 Å². The Balaban J connectivity index is 1.46. The third kappa shape index (κ3) is 3.67. The first-order valence-corrected chi connectivity index (χ1v) is 9.03. The summed E-state index contributed by atoms with van der Waals surface area (Å²) in [6.45, 7) is 1.32. The fourth-order valence-electron chi connectivity index (χ4n) is 3.59. The van der Waals surface area contributed by atoms with E-state index in [1.165, 1.54) is 5.56 Å². The van der Waals surface area contributed by atoms with Crippen LogP contribution < -0.4 is 0 Å². The number of H-pyrrole nitrogens is 1. The maximum absolute atomic E-state index is 12.8. The normalized spacial score (nSPS) is 16.3. The fraction of sp³-hybridized carbons (Fsp3) is 0.286. The molecule has 1 aliphatic heterocycles. The molecule has 1 aromatic carbocycles. The first kappa shape index (κ1) is 16.5. The van der Waals surface area contributed by atoms with Crippen molar-refractivity contribution in [3.05, 3.63) is 83.7 Å². The lowest BCUT2D eigenvalue weighted by Gasteiger charge is -2.32. The Morgan fingerprint density at radius 1 is 1.12 bits per heavy atom. The number of amides is 1. The highest BCUT2D eigenvalue weighted by Crippen LogP contribution is 2.29. The van der Waals surface area contributed by atoms with Crippen LogP contribution in [0.4, 0.5) is 0 Å². The van der Waals surface area contributed by atoms with Crippen molar-refractivity contribution in [1.82, 2.24) is 19.9 Å². The molecule has 5 heteroatoms. The van der Waals surface area contributed by atoms with Crippen LogP contribution in [-0.4, -0.2) is 32.3 Å². The van der Waals surface area contributed by atoms with Gasteiger partial charge in [-0.05, 0) is 30.5 Å². The Kier molecular flexibility index (Phi) is 4.78. The van der Waals surface area contributed by atoms with E-state index < -0.39 is 0 Å². The van der Waals surface area contributed by atoms with Gasteiger partial charge in [-0.2, -0.15) is 0 Å². The third-order valence-electron chi connectivity index (χ3n) is 4.96. The van der Waals surface area contributed by atoms with Gasteiger partial charge in [0.25, 0.3) is 0 Å².